The number of carbonyl (C=O) groups is 2. The smallest absolute Gasteiger partial charge is 0.303 e. The van der Waals surface area contributed by atoms with E-state index in [1.165, 1.54) is 7.11 Å². The summed E-state index contributed by atoms with van der Waals surface area (Å²) in [5, 5.41) is 8.75. The van der Waals surface area contributed by atoms with Gasteiger partial charge in [-0.1, -0.05) is 6.07 Å². The summed E-state index contributed by atoms with van der Waals surface area (Å²) in [6.45, 7) is 0. The third-order valence-corrected chi connectivity index (χ3v) is 2.85. The Bertz CT molecular complexity index is 450. The molecule has 0 saturated carbocycles. The lowest BCUT2D eigenvalue weighted by Crippen LogP contribution is -2.03. The Morgan fingerprint density at radius 1 is 1.56 bits per heavy atom. The highest BCUT2D eigenvalue weighted by molar-refractivity contribution is 6.02. The molecule has 1 aromatic rings. The van der Waals surface area contributed by atoms with Crippen LogP contribution in [-0.4, -0.2) is 24.0 Å². The molecule has 16 heavy (non-hydrogen) atoms. The van der Waals surface area contributed by atoms with Crippen LogP contribution in [0.2, 0.25) is 0 Å². The van der Waals surface area contributed by atoms with Gasteiger partial charge in [0.2, 0.25) is 0 Å². The molecule has 1 aromatic carbocycles. The number of carbonyl (C=O) groups excluding carboxylic acids is 1. The molecule has 1 atom stereocenters. The van der Waals surface area contributed by atoms with Crippen LogP contribution in [0.3, 0.4) is 0 Å². The molecule has 0 spiro atoms. The van der Waals surface area contributed by atoms with Crippen molar-refractivity contribution in [2.45, 2.75) is 18.8 Å². The van der Waals surface area contributed by atoms with Gasteiger partial charge in [0.05, 0.1) is 13.5 Å². The maximum absolute atomic E-state index is 11.7. The number of methoxy groups -OCH3 is 1. The molecule has 4 nitrogen and oxygen atoms in total. The molecule has 84 valence electrons. The van der Waals surface area contributed by atoms with Crippen molar-refractivity contribution < 1.29 is 19.4 Å². The number of benzene rings is 1. The third-order valence-electron chi connectivity index (χ3n) is 2.85. The van der Waals surface area contributed by atoms with Crippen molar-refractivity contribution >= 4 is 11.8 Å². The fourth-order valence-electron chi connectivity index (χ4n) is 2.10. The van der Waals surface area contributed by atoms with Crippen LogP contribution in [0.1, 0.15) is 34.7 Å². The molecule has 0 bridgehead atoms. The van der Waals surface area contributed by atoms with Gasteiger partial charge in [0, 0.05) is 17.9 Å². The van der Waals surface area contributed by atoms with Crippen LogP contribution in [0.5, 0.6) is 5.75 Å². The number of Topliss-reactive ketones (excluding diaryl/α,β-unsaturated/α-hetero) is 1. The third kappa shape index (κ3) is 1.78. The van der Waals surface area contributed by atoms with Gasteiger partial charge in [0.15, 0.2) is 5.78 Å². The van der Waals surface area contributed by atoms with E-state index in [4.69, 9.17) is 9.84 Å². The van der Waals surface area contributed by atoms with Crippen LogP contribution in [0, 0.1) is 0 Å². The minimum atomic E-state index is -0.874. The Labute approximate surface area is 92.8 Å². The number of carboxylic acid groups (broad SMARTS) is 1. The predicted octanol–water partition coefficient (Wildman–Crippen LogP) is 1.84. The van der Waals surface area contributed by atoms with E-state index in [-0.39, 0.29) is 24.5 Å². The average Bonchev–Trinajstić information content (AvgIpc) is 2.54. The number of hydrogen-bond acceptors (Lipinski definition) is 3. The van der Waals surface area contributed by atoms with Crippen molar-refractivity contribution in [3.8, 4) is 5.75 Å². The number of ether oxygens (including phenoxy) is 1. The molecule has 0 heterocycles. The molecular weight excluding hydrogens is 208 g/mol. The van der Waals surface area contributed by atoms with Gasteiger partial charge in [-0.05, 0) is 17.7 Å². The maximum Gasteiger partial charge on any atom is 0.303 e. The van der Waals surface area contributed by atoms with Gasteiger partial charge in [0.1, 0.15) is 5.75 Å². The zero-order chi connectivity index (χ0) is 11.7. The molecular formula is C12H12O4. The standard InChI is InChI=1S/C12H12O4/c1-16-8-2-3-9-7(5-12(14)15)4-11(13)10(9)6-8/h2-3,6-7H,4-5H2,1H3,(H,14,15). The van der Waals surface area contributed by atoms with Crippen LogP contribution >= 0.6 is 0 Å². The molecule has 0 amide bonds. The quantitative estimate of drug-likeness (QED) is 0.844. The van der Waals surface area contributed by atoms with E-state index < -0.39 is 5.97 Å². The molecule has 0 radical (unpaired) electrons. The van der Waals surface area contributed by atoms with Crippen LogP contribution in [0.25, 0.3) is 0 Å². The second-order valence-corrected chi connectivity index (χ2v) is 3.88. The first-order valence-corrected chi connectivity index (χ1v) is 5.04. The SMILES string of the molecule is COc1ccc2c(c1)C(=O)CC2CC(=O)O. The minimum absolute atomic E-state index is 0.000139. The maximum atomic E-state index is 11.7. The molecule has 1 N–H and O–H groups in total. The number of ketones is 1. The van der Waals surface area contributed by atoms with E-state index in [1.54, 1.807) is 18.2 Å². The number of hydrogen-bond donors (Lipinski definition) is 1. The molecule has 1 unspecified atom stereocenters. The van der Waals surface area contributed by atoms with Crippen molar-refractivity contribution in [1.82, 2.24) is 0 Å². The topological polar surface area (TPSA) is 63.6 Å². The van der Waals surface area contributed by atoms with Crippen molar-refractivity contribution in [2.24, 2.45) is 0 Å². The zero-order valence-electron chi connectivity index (χ0n) is 8.90. The average molecular weight is 220 g/mol. The van der Waals surface area contributed by atoms with Crippen LogP contribution in [-0.2, 0) is 4.79 Å². The summed E-state index contributed by atoms with van der Waals surface area (Å²) in [6.07, 6.45) is 0.292. The van der Waals surface area contributed by atoms with Gasteiger partial charge in [-0.15, -0.1) is 0 Å². The Morgan fingerprint density at radius 3 is 2.94 bits per heavy atom. The number of aliphatic carboxylic acids is 1. The van der Waals surface area contributed by atoms with Gasteiger partial charge in [-0.25, -0.2) is 0 Å². The normalized spacial score (nSPS) is 18.3. The first-order valence-electron chi connectivity index (χ1n) is 5.04. The molecule has 1 aliphatic carbocycles. The fraction of sp³-hybridized carbons (Fsp3) is 0.333. The molecule has 0 saturated heterocycles. The summed E-state index contributed by atoms with van der Waals surface area (Å²) in [5.74, 6) is -0.435. The second kappa shape index (κ2) is 3.96. The van der Waals surface area contributed by atoms with E-state index in [0.29, 0.717) is 11.3 Å². The second-order valence-electron chi connectivity index (χ2n) is 3.88. The predicted molar refractivity (Wildman–Crippen MR) is 56.9 cm³/mol. The number of fused-ring (bicyclic) bond motifs is 1. The Hall–Kier alpha value is -1.84. The van der Waals surface area contributed by atoms with E-state index in [9.17, 15) is 9.59 Å². The van der Waals surface area contributed by atoms with E-state index in [2.05, 4.69) is 0 Å². The van der Waals surface area contributed by atoms with Gasteiger partial charge < -0.3 is 9.84 Å². The van der Waals surface area contributed by atoms with Crippen molar-refractivity contribution in [3.63, 3.8) is 0 Å². The number of rotatable bonds is 3. The van der Waals surface area contributed by atoms with E-state index in [0.717, 1.165) is 5.56 Å². The molecule has 2 rings (SSSR count). The van der Waals surface area contributed by atoms with Crippen molar-refractivity contribution in [1.29, 1.82) is 0 Å². The lowest BCUT2D eigenvalue weighted by atomic mass is 9.98. The lowest BCUT2D eigenvalue weighted by molar-refractivity contribution is -0.137. The Balaban J connectivity index is 2.36. The number of carboxylic acids is 1. The highest BCUT2D eigenvalue weighted by Crippen LogP contribution is 2.37. The summed E-state index contributed by atoms with van der Waals surface area (Å²) in [4.78, 5) is 22.3. The molecule has 4 heteroatoms. The Morgan fingerprint density at radius 2 is 2.31 bits per heavy atom. The van der Waals surface area contributed by atoms with Crippen molar-refractivity contribution in [3.05, 3.63) is 29.3 Å². The summed E-state index contributed by atoms with van der Waals surface area (Å²) < 4.78 is 5.04. The summed E-state index contributed by atoms with van der Waals surface area (Å²) in [5.41, 5.74) is 1.43. The lowest BCUT2D eigenvalue weighted by Gasteiger charge is -2.07. The summed E-state index contributed by atoms with van der Waals surface area (Å²) >= 11 is 0. The van der Waals surface area contributed by atoms with Gasteiger partial charge in [-0.3, -0.25) is 9.59 Å². The summed E-state index contributed by atoms with van der Waals surface area (Å²) in [6, 6.07) is 5.22. The molecule has 0 aliphatic heterocycles. The molecule has 0 aromatic heterocycles. The monoisotopic (exact) mass is 220 g/mol. The fourth-order valence-corrected chi connectivity index (χ4v) is 2.10. The van der Waals surface area contributed by atoms with Gasteiger partial charge in [-0.2, -0.15) is 0 Å². The largest absolute Gasteiger partial charge is 0.497 e. The van der Waals surface area contributed by atoms with Gasteiger partial charge in [0.25, 0.3) is 0 Å². The van der Waals surface area contributed by atoms with Crippen LogP contribution in [0.4, 0.5) is 0 Å². The van der Waals surface area contributed by atoms with E-state index in [1.807, 2.05) is 0 Å². The van der Waals surface area contributed by atoms with E-state index >= 15 is 0 Å². The molecule has 1 aliphatic rings. The van der Waals surface area contributed by atoms with Crippen LogP contribution < -0.4 is 4.74 Å². The zero-order valence-corrected chi connectivity index (χ0v) is 8.90. The molecule has 0 fully saturated rings. The first kappa shape index (κ1) is 10.7. The first-order chi connectivity index (χ1) is 7.61. The Kier molecular flexibility index (Phi) is 2.64. The summed E-state index contributed by atoms with van der Waals surface area (Å²) in [7, 11) is 1.54. The van der Waals surface area contributed by atoms with Crippen LogP contribution in [0.15, 0.2) is 18.2 Å². The van der Waals surface area contributed by atoms with Gasteiger partial charge >= 0.3 is 5.97 Å². The highest BCUT2D eigenvalue weighted by atomic mass is 16.5. The minimum Gasteiger partial charge on any atom is -0.497 e. The van der Waals surface area contributed by atoms with Crippen molar-refractivity contribution in [2.75, 3.05) is 7.11 Å². The highest BCUT2D eigenvalue weighted by Gasteiger charge is 2.30.